The van der Waals surface area contributed by atoms with Crippen molar-refractivity contribution in [1.29, 1.82) is 0 Å². The molecule has 2 N–H and O–H groups in total. The highest BCUT2D eigenvalue weighted by Crippen LogP contribution is 2.29. The van der Waals surface area contributed by atoms with Gasteiger partial charge in [-0.3, -0.25) is 9.59 Å². The summed E-state index contributed by atoms with van der Waals surface area (Å²) in [7, 11) is 0. The summed E-state index contributed by atoms with van der Waals surface area (Å²) in [5.41, 5.74) is -0.0396. The molecule has 0 heterocycles. The van der Waals surface area contributed by atoms with Crippen LogP contribution in [0.15, 0.2) is 54.7 Å². The fourth-order valence-electron chi connectivity index (χ4n) is 2.42. The van der Waals surface area contributed by atoms with Crippen LogP contribution in [0.3, 0.4) is 0 Å². The van der Waals surface area contributed by atoms with Crippen LogP contribution in [0.1, 0.15) is 17.5 Å². The molecule has 0 saturated carbocycles. The van der Waals surface area contributed by atoms with E-state index in [1.807, 2.05) is 0 Å². The number of halogens is 5. The summed E-state index contributed by atoms with van der Waals surface area (Å²) in [4.78, 5) is 23.7. The van der Waals surface area contributed by atoms with Crippen molar-refractivity contribution in [2.75, 3.05) is 13.2 Å². The van der Waals surface area contributed by atoms with E-state index >= 15 is 0 Å². The molecule has 0 aliphatic carbocycles. The van der Waals surface area contributed by atoms with Gasteiger partial charge in [-0.25, -0.2) is 4.39 Å². The topological polar surface area (TPSA) is 67.4 Å². The fourth-order valence-corrected chi connectivity index (χ4v) is 2.54. The molecule has 0 radical (unpaired) electrons. The zero-order valence-electron chi connectivity index (χ0n) is 16.2. The Hall–Kier alpha value is -3.07. The van der Waals surface area contributed by atoms with Crippen molar-refractivity contribution in [2.24, 2.45) is 0 Å². The van der Waals surface area contributed by atoms with Gasteiger partial charge in [0.05, 0.1) is 17.0 Å². The van der Waals surface area contributed by atoms with Crippen molar-refractivity contribution >= 4 is 23.4 Å². The predicted molar refractivity (Wildman–Crippen MR) is 107 cm³/mol. The molecule has 2 aromatic rings. The number of rotatable bonds is 9. The van der Waals surface area contributed by atoms with E-state index < -0.39 is 29.4 Å². The maximum Gasteiger partial charge on any atom is 0.416 e. The van der Waals surface area contributed by atoms with E-state index in [1.54, 1.807) is 0 Å². The van der Waals surface area contributed by atoms with Crippen molar-refractivity contribution in [3.05, 3.63) is 76.7 Å². The van der Waals surface area contributed by atoms with Gasteiger partial charge in [0.1, 0.15) is 11.6 Å². The predicted octanol–water partition coefficient (Wildman–Crippen LogP) is 4.26. The quantitative estimate of drug-likeness (QED) is 0.552. The lowest BCUT2D eigenvalue weighted by Gasteiger charge is -2.11. The Morgan fingerprint density at radius 2 is 1.74 bits per heavy atom. The Kier molecular flexibility index (Phi) is 8.44. The average molecular weight is 459 g/mol. The number of nitrogens with one attached hydrogen (secondary N) is 2. The highest BCUT2D eigenvalue weighted by atomic mass is 35.5. The Morgan fingerprint density at radius 1 is 1.06 bits per heavy atom. The Morgan fingerprint density at radius 3 is 2.35 bits per heavy atom. The van der Waals surface area contributed by atoms with E-state index in [2.05, 4.69) is 17.2 Å². The maximum atomic E-state index is 13.3. The number of carbonyl (C=O) groups excluding carboxylic acids is 2. The van der Waals surface area contributed by atoms with Crippen molar-refractivity contribution in [1.82, 2.24) is 10.6 Å². The zero-order valence-corrected chi connectivity index (χ0v) is 16.9. The molecule has 0 spiro atoms. The Labute approximate surface area is 181 Å². The third-order valence-corrected chi connectivity index (χ3v) is 4.28. The first-order valence-corrected chi connectivity index (χ1v) is 9.40. The minimum absolute atomic E-state index is 0.0596. The number of ether oxygens (including phenoxy) is 1. The van der Waals surface area contributed by atoms with Gasteiger partial charge in [-0.1, -0.05) is 30.3 Å². The lowest BCUT2D eigenvalue weighted by molar-refractivity contribution is -0.137. The lowest BCUT2D eigenvalue weighted by atomic mass is 10.1. The van der Waals surface area contributed by atoms with Crippen LogP contribution < -0.4 is 15.4 Å². The summed E-state index contributed by atoms with van der Waals surface area (Å²) in [6.07, 6.45) is -4.31. The van der Waals surface area contributed by atoms with E-state index in [1.165, 1.54) is 24.3 Å². The zero-order chi connectivity index (χ0) is 23.0. The molecule has 31 heavy (non-hydrogen) atoms. The van der Waals surface area contributed by atoms with E-state index in [9.17, 15) is 27.2 Å². The first kappa shape index (κ1) is 24.2. The molecule has 0 atom stereocenters. The smallest absolute Gasteiger partial charge is 0.416 e. The molecule has 0 saturated heterocycles. The Bertz CT molecular complexity index is 947. The third-order valence-electron chi connectivity index (χ3n) is 3.97. The van der Waals surface area contributed by atoms with Gasteiger partial charge in [0.25, 0.3) is 5.91 Å². The first-order valence-electron chi connectivity index (χ1n) is 9.03. The standard InChI is InChI=1S/C21H19ClF4N2O3/c1-13(28-19(29)10-14-2-4-15(5-3-14)21(24,25)26)8-9-27-20(30)12-31-16-6-7-17(22)18(23)11-16/h2-7,11H,1,8-10,12H2,(H,27,30)(H,28,29). The second kappa shape index (κ2) is 10.8. The second-order valence-electron chi connectivity index (χ2n) is 6.49. The van der Waals surface area contributed by atoms with Gasteiger partial charge in [-0.15, -0.1) is 0 Å². The number of alkyl halides is 3. The third kappa shape index (κ3) is 8.29. The van der Waals surface area contributed by atoms with Gasteiger partial charge in [0.2, 0.25) is 5.91 Å². The van der Waals surface area contributed by atoms with E-state index in [-0.39, 0.29) is 36.8 Å². The van der Waals surface area contributed by atoms with Crippen LogP contribution in [0.2, 0.25) is 5.02 Å². The van der Waals surface area contributed by atoms with E-state index in [4.69, 9.17) is 16.3 Å². The molecule has 0 aliphatic heterocycles. The van der Waals surface area contributed by atoms with Crippen LogP contribution in [0, 0.1) is 5.82 Å². The van der Waals surface area contributed by atoms with Crippen LogP contribution in [0.4, 0.5) is 17.6 Å². The molecule has 0 aromatic heterocycles. The summed E-state index contributed by atoms with van der Waals surface area (Å²) < 4.78 is 56.1. The molecular weight excluding hydrogens is 440 g/mol. The summed E-state index contributed by atoms with van der Waals surface area (Å²) >= 11 is 5.56. The van der Waals surface area contributed by atoms with Gasteiger partial charge in [-0.05, 0) is 29.8 Å². The number of carbonyl (C=O) groups is 2. The monoisotopic (exact) mass is 458 g/mol. The molecule has 0 bridgehead atoms. The summed E-state index contributed by atoms with van der Waals surface area (Å²) in [6.45, 7) is 3.50. The molecule has 2 amide bonds. The molecule has 0 aliphatic rings. The lowest BCUT2D eigenvalue weighted by Crippen LogP contribution is -2.32. The van der Waals surface area contributed by atoms with Gasteiger partial charge < -0.3 is 15.4 Å². The highest BCUT2D eigenvalue weighted by Gasteiger charge is 2.29. The van der Waals surface area contributed by atoms with Crippen LogP contribution in [-0.4, -0.2) is 25.0 Å². The highest BCUT2D eigenvalue weighted by molar-refractivity contribution is 6.30. The van der Waals surface area contributed by atoms with E-state index in [0.717, 1.165) is 18.2 Å². The normalized spacial score (nSPS) is 11.0. The van der Waals surface area contributed by atoms with Crippen LogP contribution in [0.25, 0.3) is 0 Å². The van der Waals surface area contributed by atoms with Gasteiger partial charge in [-0.2, -0.15) is 13.2 Å². The Balaban J connectivity index is 1.67. The molecule has 2 aromatic carbocycles. The van der Waals surface area contributed by atoms with Gasteiger partial charge in [0, 0.05) is 24.7 Å². The summed E-state index contributed by atoms with van der Waals surface area (Å²) in [6, 6.07) is 8.08. The van der Waals surface area contributed by atoms with Crippen LogP contribution in [0.5, 0.6) is 5.75 Å². The summed E-state index contributed by atoms with van der Waals surface area (Å²) in [5.74, 6) is -1.41. The molecule has 5 nitrogen and oxygen atoms in total. The van der Waals surface area contributed by atoms with Crippen molar-refractivity contribution in [2.45, 2.75) is 19.0 Å². The van der Waals surface area contributed by atoms with Crippen molar-refractivity contribution in [3.8, 4) is 5.75 Å². The van der Waals surface area contributed by atoms with Gasteiger partial charge in [0.15, 0.2) is 6.61 Å². The molecule has 2 rings (SSSR count). The second-order valence-corrected chi connectivity index (χ2v) is 6.89. The number of amides is 2. The van der Waals surface area contributed by atoms with Crippen LogP contribution >= 0.6 is 11.6 Å². The number of hydrogen-bond acceptors (Lipinski definition) is 3. The van der Waals surface area contributed by atoms with Crippen molar-refractivity contribution < 1.29 is 31.9 Å². The molecule has 10 heteroatoms. The summed E-state index contributed by atoms with van der Waals surface area (Å²) in [5, 5.41) is 5.02. The molecular formula is C21H19ClF4N2O3. The minimum atomic E-state index is -4.43. The maximum absolute atomic E-state index is 13.3. The van der Waals surface area contributed by atoms with Crippen LogP contribution in [-0.2, 0) is 22.2 Å². The fraction of sp³-hybridized carbons (Fsp3) is 0.238. The van der Waals surface area contributed by atoms with E-state index in [0.29, 0.717) is 11.3 Å². The van der Waals surface area contributed by atoms with Gasteiger partial charge >= 0.3 is 6.18 Å². The molecule has 0 fully saturated rings. The SMILES string of the molecule is C=C(CCNC(=O)COc1ccc(Cl)c(F)c1)NC(=O)Cc1ccc(C(F)(F)F)cc1. The molecule has 166 valence electrons. The largest absolute Gasteiger partial charge is 0.484 e. The first-order chi connectivity index (χ1) is 14.5. The average Bonchev–Trinajstić information content (AvgIpc) is 2.68. The number of hydrogen-bond donors (Lipinski definition) is 2. The minimum Gasteiger partial charge on any atom is -0.484 e. The molecule has 0 unspecified atom stereocenters. The van der Waals surface area contributed by atoms with Crippen molar-refractivity contribution in [3.63, 3.8) is 0 Å². The number of benzene rings is 2.